The molecule has 0 aliphatic carbocycles. The Kier molecular flexibility index (Phi) is 9.17. The van der Waals surface area contributed by atoms with Crippen LogP contribution >= 0.6 is 0 Å². The highest BCUT2D eigenvalue weighted by Crippen LogP contribution is 2.18. The summed E-state index contributed by atoms with van der Waals surface area (Å²) >= 11 is 0. The van der Waals surface area contributed by atoms with Gasteiger partial charge in [-0.05, 0) is 26.2 Å². The molecule has 4 atom stereocenters. The molecule has 1 fully saturated rings. The fraction of sp³-hybridized carbons (Fsp3) is 0.647. The van der Waals surface area contributed by atoms with Crippen molar-refractivity contribution in [3.63, 3.8) is 0 Å². The first-order chi connectivity index (χ1) is 13.9. The number of hydrogen-bond acceptors (Lipinski definition) is 7. The van der Waals surface area contributed by atoms with Crippen molar-refractivity contribution in [2.45, 2.75) is 63.2 Å². The highest BCUT2D eigenvalue weighted by Gasteiger charge is 2.37. The standard InChI is InChI=1S/C17H27N5O8/c1-8(18)16(28)22-6-2-3-11(22)15(27)20-9(4-5-12(19)23)14(26)21-10(17(29)30)7-13(24)25/h8-11H,2-7,18H2,1H3,(H2,19,23)(H,20,27)(H,21,26)(H,24,25)(H,29,30). The van der Waals surface area contributed by atoms with Crippen LogP contribution in [0.15, 0.2) is 0 Å². The number of nitrogens with zero attached hydrogens (tertiary/aromatic N) is 1. The first kappa shape index (κ1) is 24.8. The number of primary amides is 1. The SMILES string of the molecule is CC(N)C(=O)N1CCCC1C(=O)NC(CCC(N)=O)C(=O)NC(CC(=O)O)C(=O)O. The molecule has 0 bridgehead atoms. The van der Waals surface area contributed by atoms with Gasteiger partial charge in [-0.25, -0.2) is 4.79 Å². The van der Waals surface area contributed by atoms with E-state index in [1.807, 2.05) is 5.32 Å². The smallest absolute Gasteiger partial charge is 0.326 e. The average Bonchev–Trinajstić information content (AvgIpc) is 3.12. The molecular weight excluding hydrogens is 402 g/mol. The van der Waals surface area contributed by atoms with Crippen molar-refractivity contribution in [1.82, 2.24) is 15.5 Å². The van der Waals surface area contributed by atoms with E-state index in [0.717, 1.165) is 0 Å². The summed E-state index contributed by atoms with van der Waals surface area (Å²) in [6, 6.07) is -4.78. The van der Waals surface area contributed by atoms with Gasteiger partial charge < -0.3 is 37.2 Å². The number of nitrogens with one attached hydrogen (secondary N) is 2. The Morgan fingerprint density at radius 3 is 2.23 bits per heavy atom. The second kappa shape index (κ2) is 11.1. The van der Waals surface area contributed by atoms with Crippen molar-refractivity contribution in [3.8, 4) is 0 Å². The lowest BCUT2D eigenvalue weighted by atomic mass is 10.1. The second-order valence-electron chi connectivity index (χ2n) is 7.04. The van der Waals surface area contributed by atoms with E-state index in [-0.39, 0.29) is 12.8 Å². The van der Waals surface area contributed by atoms with Crippen molar-refractivity contribution in [2.75, 3.05) is 6.54 Å². The van der Waals surface area contributed by atoms with Gasteiger partial charge in [-0.3, -0.25) is 24.0 Å². The topological polar surface area (TPSA) is 222 Å². The van der Waals surface area contributed by atoms with E-state index in [0.29, 0.717) is 19.4 Å². The molecule has 0 radical (unpaired) electrons. The second-order valence-corrected chi connectivity index (χ2v) is 7.04. The Morgan fingerprint density at radius 1 is 1.10 bits per heavy atom. The van der Waals surface area contributed by atoms with Crippen LogP contribution < -0.4 is 22.1 Å². The molecule has 1 saturated heterocycles. The van der Waals surface area contributed by atoms with Gasteiger partial charge in [0.15, 0.2) is 0 Å². The molecule has 0 aromatic rings. The van der Waals surface area contributed by atoms with Crippen LogP contribution in [0.25, 0.3) is 0 Å². The van der Waals surface area contributed by atoms with Crippen molar-refractivity contribution in [3.05, 3.63) is 0 Å². The molecule has 168 valence electrons. The molecule has 4 amide bonds. The summed E-state index contributed by atoms with van der Waals surface area (Å²) in [5, 5.41) is 22.3. The molecule has 13 heteroatoms. The molecule has 1 heterocycles. The van der Waals surface area contributed by atoms with Crippen LogP contribution in [0.2, 0.25) is 0 Å². The fourth-order valence-corrected chi connectivity index (χ4v) is 3.03. The Balaban J connectivity index is 2.93. The third kappa shape index (κ3) is 7.31. The first-order valence-electron chi connectivity index (χ1n) is 9.33. The van der Waals surface area contributed by atoms with Gasteiger partial charge in [-0.2, -0.15) is 0 Å². The number of carboxylic acids is 2. The van der Waals surface area contributed by atoms with Crippen LogP contribution in [0.4, 0.5) is 0 Å². The normalized spacial score (nSPS) is 18.7. The number of likely N-dealkylation sites (tertiary alicyclic amines) is 1. The van der Waals surface area contributed by atoms with Crippen LogP contribution in [0.3, 0.4) is 0 Å². The number of carbonyl (C=O) groups is 6. The fourth-order valence-electron chi connectivity index (χ4n) is 3.03. The van der Waals surface area contributed by atoms with Gasteiger partial charge in [-0.15, -0.1) is 0 Å². The molecule has 0 spiro atoms. The Labute approximate surface area is 172 Å². The summed E-state index contributed by atoms with van der Waals surface area (Å²) in [6.07, 6.45) is -0.515. The maximum Gasteiger partial charge on any atom is 0.326 e. The number of amides is 4. The molecule has 0 aromatic carbocycles. The summed E-state index contributed by atoms with van der Waals surface area (Å²) in [5.41, 5.74) is 10.7. The maximum atomic E-state index is 12.7. The minimum atomic E-state index is -1.73. The molecule has 30 heavy (non-hydrogen) atoms. The lowest BCUT2D eigenvalue weighted by molar-refractivity contribution is -0.147. The summed E-state index contributed by atoms with van der Waals surface area (Å²) in [6.45, 7) is 1.80. The van der Waals surface area contributed by atoms with Gasteiger partial charge in [-0.1, -0.05) is 0 Å². The zero-order valence-electron chi connectivity index (χ0n) is 16.5. The van der Waals surface area contributed by atoms with E-state index in [4.69, 9.17) is 21.7 Å². The lowest BCUT2D eigenvalue weighted by Gasteiger charge is -2.27. The van der Waals surface area contributed by atoms with E-state index >= 15 is 0 Å². The lowest BCUT2D eigenvalue weighted by Crippen LogP contribution is -2.56. The van der Waals surface area contributed by atoms with Gasteiger partial charge in [0.05, 0.1) is 12.5 Å². The minimum absolute atomic E-state index is 0.236. The average molecular weight is 429 g/mol. The molecule has 0 saturated carbocycles. The van der Waals surface area contributed by atoms with E-state index < -0.39 is 66.2 Å². The summed E-state index contributed by atoms with van der Waals surface area (Å²) in [4.78, 5) is 71.7. The van der Waals surface area contributed by atoms with Gasteiger partial charge in [0.2, 0.25) is 23.6 Å². The van der Waals surface area contributed by atoms with Gasteiger partial charge in [0.1, 0.15) is 18.1 Å². The van der Waals surface area contributed by atoms with Gasteiger partial charge >= 0.3 is 11.9 Å². The Hall–Kier alpha value is -3.22. The number of carbonyl (C=O) groups excluding carboxylic acids is 4. The summed E-state index contributed by atoms with van der Waals surface area (Å²) in [7, 11) is 0. The quantitative estimate of drug-likeness (QED) is 0.198. The monoisotopic (exact) mass is 429 g/mol. The van der Waals surface area contributed by atoms with Crippen LogP contribution in [0.1, 0.15) is 39.0 Å². The Morgan fingerprint density at radius 2 is 1.73 bits per heavy atom. The summed E-state index contributed by atoms with van der Waals surface area (Å²) < 4.78 is 0. The van der Waals surface area contributed by atoms with Crippen LogP contribution in [-0.4, -0.2) is 81.4 Å². The third-order valence-corrected chi connectivity index (χ3v) is 4.53. The number of aliphatic carboxylic acids is 2. The minimum Gasteiger partial charge on any atom is -0.481 e. The molecule has 1 aliphatic rings. The Bertz CT molecular complexity index is 710. The molecule has 1 aliphatic heterocycles. The summed E-state index contributed by atoms with van der Waals surface area (Å²) in [5.74, 6) is -5.86. The largest absolute Gasteiger partial charge is 0.481 e. The van der Waals surface area contributed by atoms with Crippen molar-refractivity contribution in [2.24, 2.45) is 11.5 Å². The van der Waals surface area contributed by atoms with Crippen molar-refractivity contribution in [1.29, 1.82) is 0 Å². The van der Waals surface area contributed by atoms with E-state index in [2.05, 4.69) is 5.32 Å². The van der Waals surface area contributed by atoms with Gasteiger partial charge in [0.25, 0.3) is 0 Å². The van der Waals surface area contributed by atoms with Crippen LogP contribution in [0.5, 0.6) is 0 Å². The molecular formula is C17H27N5O8. The number of carboxylic acid groups (broad SMARTS) is 2. The molecule has 0 aromatic heterocycles. The molecule has 4 unspecified atom stereocenters. The predicted molar refractivity (Wildman–Crippen MR) is 101 cm³/mol. The van der Waals surface area contributed by atoms with Gasteiger partial charge in [0, 0.05) is 13.0 Å². The zero-order valence-corrected chi connectivity index (χ0v) is 16.5. The molecule has 8 N–H and O–H groups in total. The van der Waals surface area contributed by atoms with E-state index in [1.165, 1.54) is 11.8 Å². The first-order valence-corrected chi connectivity index (χ1v) is 9.33. The number of rotatable bonds is 11. The zero-order chi connectivity index (χ0) is 23.0. The molecule has 13 nitrogen and oxygen atoms in total. The van der Waals surface area contributed by atoms with E-state index in [9.17, 15) is 28.8 Å². The van der Waals surface area contributed by atoms with Crippen LogP contribution in [0, 0.1) is 0 Å². The third-order valence-electron chi connectivity index (χ3n) is 4.53. The number of nitrogens with two attached hydrogens (primary N) is 2. The van der Waals surface area contributed by atoms with Crippen molar-refractivity contribution >= 4 is 35.6 Å². The number of hydrogen-bond donors (Lipinski definition) is 6. The highest BCUT2D eigenvalue weighted by molar-refractivity contribution is 5.95. The molecule has 1 rings (SSSR count). The predicted octanol–water partition coefficient (Wildman–Crippen LogP) is -2.88. The van der Waals surface area contributed by atoms with Crippen LogP contribution in [-0.2, 0) is 28.8 Å². The van der Waals surface area contributed by atoms with E-state index in [1.54, 1.807) is 0 Å². The maximum absolute atomic E-state index is 12.7. The van der Waals surface area contributed by atoms with Crippen molar-refractivity contribution < 1.29 is 39.0 Å². The highest BCUT2D eigenvalue weighted by atomic mass is 16.4.